The van der Waals surface area contributed by atoms with Crippen LogP contribution in [0.4, 0.5) is 17.1 Å². The lowest BCUT2D eigenvalue weighted by Crippen LogP contribution is -2.10. The summed E-state index contributed by atoms with van der Waals surface area (Å²) in [6.45, 7) is 0. The minimum atomic E-state index is 1.11. The second-order valence-electron chi connectivity index (χ2n) is 15.3. The van der Waals surface area contributed by atoms with Crippen LogP contribution in [0.3, 0.4) is 0 Å². The SMILES string of the molecule is c1ccc(-c2ccc(N(c3ccc(-c4ccc5c(c4)c4cc6c(ccc7c8ccccc8sc67)cc4n5-c4ccccc4)cc3)c3cccc4ccccc34)cc2)cc1. The number of rotatable bonds is 6. The van der Waals surface area contributed by atoms with Crippen LogP contribution in [-0.4, -0.2) is 4.57 Å². The molecule has 0 N–H and O–H groups in total. The van der Waals surface area contributed by atoms with E-state index in [4.69, 9.17) is 0 Å². The maximum Gasteiger partial charge on any atom is 0.0547 e. The van der Waals surface area contributed by atoms with E-state index in [0.29, 0.717) is 0 Å². The average Bonchev–Trinajstić information content (AvgIpc) is 3.85. The van der Waals surface area contributed by atoms with Crippen molar-refractivity contribution in [1.82, 2.24) is 4.57 Å². The van der Waals surface area contributed by atoms with E-state index in [9.17, 15) is 0 Å². The molecule has 12 aromatic rings. The van der Waals surface area contributed by atoms with Crippen LogP contribution in [0.25, 0.3) is 91.5 Å². The van der Waals surface area contributed by atoms with E-state index in [0.717, 1.165) is 22.7 Å². The Morgan fingerprint density at radius 1 is 0.339 bits per heavy atom. The van der Waals surface area contributed by atoms with Crippen LogP contribution < -0.4 is 4.90 Å². The molecule has 0 amide bonds. The van der Waals surface area contributed by atoms with Crippen molar-refractivity contribution in [3.8, 4) is 27.9 Å². The Labute approximate surface area is 346 Å². The van der Waals surface area contributed by atoms with Crippen LogP contribution in [0.5, 0.6) is 0 Å². The molecule has 0 bridgehead atoms. The Morgan fingerprint density at radius 3 is 1.73 bits per heavy atom. The van der Waals surface area contributed by atoms with Gasteiger partial charge in [0.05, 0.1) is 16.7 Å². The van der Waals surface area contributed by atoms with E-state index in [-0.39, 0.29) is 0 Å². The van der Waals surface area contributed by atoms with Gasteiger partial charge in [-0.25, -0.2) is 0 Å². The van der Waals surface area contributed by atoms with Gasteiger partial charge in [0.25, 0.3) is 0 Å². The van der Waals surface area contributed by atoms with Gasteiger partial charge >= 0.3 is 0 Å². The van der Waals surface area contributed by atoms with E-state index in [2.05, 4.69) is 228 Å². The molecule has 3 heteroatoms. The van der Waals surface area contributed by atoms with E-state index in [1.807, 2.05) is 11.3 Å². The Kier molecular flexibility index (Phi) is 7.75. The van der Waals surface area contributed by atoms with Gasteiger partial charge in [-0.15, -0.1) is 11.3 Å². The van der Waals surface area contributed by atoms with Crippen molar-refractivity contribution in [2.45, 2.75) is 0 Å². The van der Waals surface area contributed by atoms with E-state index in [1.165, 1.54) is 85.8 Å². The minimum absolute atomic E-state index is 1.11. The molecule has 0 saturated carbocycles. The monoisotopic (exact) mass is 768 g/mol. The highest BCUT2D eigenvalue weighted by molar-refractivity contribution is 7.26. The molecule has 0 aliphatic heterocycles. The van der Waals surface area contributed by atoms with Crippen LogP contribution >= 0.6 is 11.3 Å². The third-order valence-corrected chi connectivity index (χ3v) is 13.2. The van der Waals surface area contributed by atoms with Crippen molar-refractivity contribution in [3.05, 3.63) is 218 Å². The molecular weight excluding hydrogens is 733 g/mol. The number of hydrogen-bond donors (Lipinski definition) is 0. The van der Waals surface area contributed by atoms with Crippen LogP contribution in [0.2, 0.25) is 0 Å². The molecule has 10 aromatic carbocycles. The fourth-order valence-electron chi connectivity index (χ4n) is 9.12. The summed E-state index contributed by atoms with van der Waals surface area (Å²) in [7, 11) is 0. The van der Waals surface area contributed by atoms with Gasteiger partial charge in [-0.3, -0.25) is 0 Å². The number of fused-ring (bicyclic) bond motifs is 9. The third-order valence-electron chi connectivity index (χ3n) is 12.0. The van der Waals surface area contributed by atoms with Gasteiger partial charge in [0, 0.05) is 58.8 Å². The zero-order valence-electron chi connectivity index (χ0n) is 32.1. The first kappa shape index (κ1) is 33.7. The highest BCUT2D eigenvalue weighted by Crippen LogP contribution is 2.44. The Hall–Kier alpha value is -7.46. The van der Waals surface area contributed by atoms with Crippen molar-refractivity contribution < 1.29 is 0 Å². The summed E-state index contributed by atoms with van der Waals surface area (Å²) in [6.07, 6.45) is 0. The summed E-state index contributed by atoms with van der Waals surface area (Å²) in [5.74, 6) is 0. The molecule has 0 spiro atoms. The van der Waals surface area contributed by atoms with Crippen molar-refractivity contribution in [2.24, 2.45) is 0 Å². The second-order valence-corrected chi connectivity index (χ2v) is 16.4. The number of anilines is 3. The summed E-state index contributed by atoms with van der Waals surface area (Å²) in [4.78, 5) is 2.39. The summed E-state index contributed by atoms with van der Waals surface area (Å²) < 4.78 is 5.11. The zero-order valence-corrected chi connectivity index (χ0v) is 32.9. The van der Waals surface area contributed by atoms with Gasteiger partial charge < -0.3 is 9.47 Å². The van der Waals surface area contributed by atoms with Crippen LogP contribution in [0.1, 0.15) is 0 Å². The summed E-state index contributed by atoms with van der Waals surface area (Å²) in [5, 5.41) is 10.2. The van der Waals surface area contributed by atoms with Crippen molar-refractivity contribution in [1.29, 1.82) is 0 Å². The first-order chi connectivity index (χ1) is 29.2. The maximum absolute atomic E-state index is 2.45. The lowest BCUT2D eigenvalue weighted by atomic mass is 10.00. The number of para-hydroxylation sites is 1. The highest BCUT2D eigenvalue weighted by Gasteiger charge is 2.19. The first-order valence-corrected chi connectivity index (χ1v) is 21.0. The predicted octanol–water partition coefficient (Wildman–Crippen LogP) is 16.3. The van der Waals surface area contributed by atoms with Crippen LogP contribution in [-0.2, 0) is 0 Å². The van der Waals surface area contributed by atoms with Crippen LogP contribution in [0, 0.1) is 0 Å². The largest absolute Gasteiger partial charge is 0.310 e. The zero-order chi connectivity index (χ0) is 38.9. The standard InChI is InChI=1S/C56H36N2S/c1-3-12-37(13-4-1)38-22-28-44(29-23-38)57(52-20-11-15-40-14-7-8-18-46(40)52)45-30-24-39(25-31-45)41-27-33-53-50(34-41)51-36-49-42(35-54(51)58(53)43-16-5-2-6-17-43)26-32-48-47-19-9-10-21-55(47)59-56(48)49/h1-36H. The van der Waals surface area contributed by atoms with Gasteiger partial charge in [0.15, 0.2) is 0 Å². The topological polar surface area (TPSA) is 8.17 Å². The molecule has 2 heterocycles. The van der Waals surface area contributed by atoms with Crippen molar-refractivity contribution in [3.63, 3.8) is 0 Å². The molecule has 0 atom stereocenters. The van der Waals surface area contributed by atoms with E-state index >= 15 is 0 Å². The third kappa shape index (κ3) is 5.55. The molecule has 0 unspecified atom stereocenters. The quantitative estimate of drug-likeness (QED) is 0.164. The van der Waals surface area contributed by atoms with E-state index in [1.54, 1.807) is 0 Å². The molecule has 0 aliphatic rings. The van der Waals surface area contributed by atoms with Crippen molar-refractivity contribution >= 4 is 91.9 Å². The van der Waals surface area contributed by atoms with Gasteiger partial charge in [0.2, 0.25) is 0 Å². The average molecular weight is 769 g/mol. The van der Waals surface area contributed by atoms with Gasteiger partial charge in [-0.05, 0) is 106 Å². The second kappa shape index (κ2) is 13.6. The smallest absolute Gasteiger partial charge is 0.0547 e. The molecule has 0 aliphatic carbocycles. The Morgan fingerprint density at radius 2 is 0.949 bits per heavy atom. The number of aromatic nitrogens is 1. The summed E-state index contributed by atoms with van der Waals surface area (Å²) >= 11 is 1.90. The summed E-state index contributed by atoms with van der Waals surface area (Å²) in [6, 6.07) is 79.8. The Balaban J connectivity index is 1.01. The lowest BCUT2D eigenvalue weighted by Gasteiger charge is -2.27. The van der Waals surface area contributed by atoms with Crippen LogP contribution in [0.15, 0.2) is 218 Å². The molecule has 276 valence electrons. The van der Waals surface area contributed by atoms with Gasteiger partial charge in [-0.1, -0.05) is 146 Å². The fourth-order valence-corrected chi connectivity index (χ4v) is 10.4. The minimum Gasteiger partial charge on any atom is -0.310 e. The first-order valence-electron chi connectivity index (χ1n) is 20.2. The maximum atomic E-state index is 2.45. The molecule has 2 aromatic heterocycles. The predicted molar refractivity (Wildman–Crippen MR) is 254 cm³/mol. The molecule has 0 fully saturated rings. The number of thiophene rings is 1. The molecular formula is C56H36N2S. The number of hydrogen-bond acceptors (Lipinski definition) is 2. The molecule has 12 rings (SSSR count). The van der Waals surface area contributed by atoms with Gasteiger partial charge in [0.1, 0.15) is 0 Å². The molecule has 59 heavy (non-hydrogen) atoms. The number of benzene rings is 10. The van der Waals surface area contributed by atoms with Gasteiger partial charge in [-0.2, -0.15) is 0 Å². The van der Waals surface area contributed by atoms with E-state index < -0.39 is 0 Å². The fraction of sp³-hybridized carbons (Fsp3) is 0. The highest BCUT2D eigenvalue weighted by atomic mass is 32.1. The molecule has 0 radical (unpaired) electrons. The summed E-state index contributed by atoms with van der Waals surface area (Å²) in [5.41, 5.74) is 11.8. The number of nitrogens with zero attached hydrogens (tertiary/aromatic N) is 2. The normalized spacial score (nSPS) is 11.7. The molecule has 0 saturated heterocycles. The molecule has 2 nitrogen and oxygen atoms in total. The van der Waals surface area contributed by atoms with Crippen molar-refractivity contribution in [2.75, 3.05) is 4.90 Å². The Bertz CT molecular complexity index is 3520. The lowest BCUT2D eigenvalue weighted by molar-refractivity contribution is 1.18.